The van der Waals surface area contributed by atoms with Gasteiger partial charge in [-0.1, -0.05) is 37.5 Å². The lowest BCUT2D eigenvalue weighted by Gasteiger charge is -2.36. The van der Waals surface area contributed by atoms with E-state index < -0.39 is 178 Å². The van der Waals surface area contributed by atoms with Gasteiger partial charge in [-0.15, -0.1) is 0 Å². The van der Waals surface area contributed by atoms with Crippen LogP contribution in [0.2, 0.25) is 0 Å². The summed E-state index contributed by atoms with van der Waals surface area (Å²) in [4.78, 5) is 128. The number of nitrogens with two attached hydrogens (primary N) is 4. The number of nitrogens with zero attached hydrogens (tertiary/aromatic N) is 9. The first-order valence-corrected chi connectivity index (χ1v) is 45.3. The van der Waals surface area contributed by atoms with E-state index in [0.29, 0.717) is 19.6 Å². The first kappa shape index (κ1) is 84.4. The molecular weight excluding hydrogens is 1680 g/mol. The number of nitrogens with one attached hydrogen (secondary N) is 3. The molecule has 4 unspecified atom stereocenters. The highest BCUT2D eigenvalue weighted by atomic mass is 79.9. The maximum absolute atomic E-state index is 14.9. The standard InChI is InChI=1S/C56H79BrN16O26P4S5/c1-27(2)29-14-42(69-7-4-40(59)63-53(69)78)92-36(29)22-89-102(106,86-13-12-85-11-10-84-9-6-58)98-33-17-44(71-19-28(3)49(75)67-55(71)80)94-37(33)23-87-101(83,105)97-32-16-46(73-26-62-47-48(73)65-52(61)66-51(47)77)95-39(32)25-90-103(107,108)99-34-18-43(70-8-5-41(60)64-54(70)79)93-38(34)24-88-100(82,104)96-31-15-45(91-35(31)21-74)72-20-30(57)50(76)68-56(72)81/h4-5,7-8,19-20,26-27,29,31-39,42-46,74H,6,9-18,21-25,58H2,1-3H3,(H,82,104)(H,83,105)(H,107,108)(H2,59,63,78)(H2,60,64,79)(H,67,75,80)(H,68,76,81)(H3,61,65,66,77)/p-3/t29-,31+,32+,33+,34+,35+,36+,37+,38+,39+,42+,43+,44+,45+,46+,100?,101?,102?/m0/s1. The van der Waals surface area contributed by atoms with Crippen LogP contribution in [-0.2, 0) is 138 Å². The first-order chi connectivity index (χ1) is 51.2. The van der Waals surface area contributed by atoms with Crippen LogP contribution in [0.5, 0.6) is 0 Å². The van der Waals surface area contributed by atoms with E-state index >= 15 is 0 Å². The number of aliphatic hydroxyl groups excluding tert-OH is 1. The number of imidazole rings is 1. The number of hydrogen-bond donors (Lipinski definition) is 8. The monoisotopic (exact) mass is 1750 g/mol. The summed E-state index contributed by atoms with van der Waals surface area (Å²) in [5.74, 6) is -0.573. The highest BCUT2D eigenvalue weighted by Crippen LogP contribution is 2.57. The third-order valence-electron chi connectivity index (χ3n) is 17.6. The van der Waals surface area contributed by atoms with E-state index in [4.69, 9.17) is 157 Å². The van der Waals surface area contributed by atoms with Crippen molar-refractivity contribution >= 4 is 131 Å². The molecule has 0 aliphatic carbocycles. The average molecular weight is 1750 g/mol. The minimum atomic E-state index is -4.83. The fraction of sp³-hybridized carbons (Fsp3) is 0.625. The van der Waals surface area contributed by atoms with Crippen LogP contribution >= 0.6 is 41.9 Å². The van der Waals surface area contributed by atoms with Gasteiger partial charge in [0, 0.05) is 62.6 Å². The Kier molecular flexibility index (Phi) is 28.4. The number of anilines is 3. The van der Waals surface area contributed by atoms with E-state index in [1.807, 2.05) is 13.8 Å². The molecule has 11 heterocycles. The van der Waals surface area contributed by atoms with Crippen LogP contribution in [0.1, 0.15) is 82.7 Å². The fourth-order valence-corrected chi connectivity index (χ4v) is 19.7. The number of aryl methyl sites for hydroxylation is 1. The summed E-state index contributed by atoms with van der Waals surface area (Å²) >= 11 is 31.8. The largest absolute Gasteiger partial charge is 0.780 e. The van der Waals surface area contributed by atoms with Gasteiger partial charge in [-0.3, -0.25) is 56.7 Å². The molecule has 6 aromatic heterocycles. The lowest BCUT2D eigenvalue weighted by atomic mass is 9.89. The molecule has 5 aliphatic rings. The second kappa shape index (κ2) is 36.3. The van der Waals surface area contributed by atoms with Crippen LogP contribution in [0.3, 0.4) is 0 Å². The van der Waals surface area contributed by atoms with Gasteiger partial charge in [-0.2, -0.15) is 15.0 Å². The Morgan fingerprint density at radius 3 is 1.71 bits per heavy atom. The Morgan fingerprint density at radius 2 is 1.11 bits per heavy atom. The van der Waals surface area contributed by atoms with Gasteiger partial charge >= 0.3 is 29.5 Å². The SMILES string of the molecule is Cc1cn([C@H]2C[C@@H](OP(=S)(OCCOCCOCCN)OC[C@H]3O[C@@H](n4ccc(N)nc4=O)C[C@H]3C(C)C)[C@@H](COP([O-])(=S)O[C@@H]3C[C@H](n4cnc5c(=O)[nH]c(N)nc54)O[C@@H]3COP(=S)([S-])O[C@@H]3C[C@H](n4ccc(N)nc4=O)O[C@@H]3COP(=O)([S-])O[C@@H]3C[C@H](n4cc(Br)c(=O)[nH]c4=O)O[C@@H]3CO)O2)c(=O)[nH]c1=O. The third kappa shape index (κ3) is 21.3. The topological polar surface area (TPSA) is 555 Å². The fourth-order valence-electron chi connectivity index (χ4n) is 12.4. The second-order valence-corrected chi connectivity index (χ2v) is 39.5. The summed E-state index contributed by atoms with van der Waals surface area (Å²) in [6.45, 7) is -10.2. The number of halogens is 1. The summed E-state index contributed by atoms with van der Waals surface area (Å²) in [6.07, 6.45) is -10.5. The Morgan fingerprint density at radius 1 is 0.611 bits per heavy atom. The smallest absolute Gasteiger partial charge is 0.351 e. The van der Waals surface area contributed by atoms with Gasteiger partial charge in [0.1, 0.15) is 73.9 Å². The van der Waals surface area contributed by atoms with Crippen molar-refractivity contribution in [2.45, 2.75) is 139 Å². The van der Waals surface area contributed by atoms with Crippen molar-refractivity contribution in [3.63, 3.8) is 0 Å². The van der Waals surface area contributed by atoms with E-state index in [1.54, 1.807) is 0 Å². The average Bonchev–Trinajstić information content (AvgIpc) is 1.62. The number of H-pyrrole nitrogens is 3. The quantitative estimate of drug-likeness (QED) is 0.0147. The first-order valence-electron chi connectivity index (χ1n) is 33.2. The van der Waals surface area contributed by atoms with Gasteiger partial charge in [0.05, 0.1) is 113 Å². The van der Waals surface area contributed by atoms with Crippen molar-refractivity contribution in [3.8, 4) is 0 Å². The lowest BCUT2D eigenvalue weighted by Crippen LogP contribution is -2.34. The summed E-state index contributed by atoms with van der Waals surface area (Å²) in [5.41, 5.74) is 13.8. The van der Waals surface area contributed by atoms with Crippen molar-refractivity contribution in [3.05, 3.63) is 126 Å². The molecule has 12 N–H and O–H groups in total. The van der Waals surface area contributed by atoms with Crippen molar-refractivity contribution in [1.82, 2.24) is 57.7 Å². The number of ether oxygens (including phenoxy) is 7. The summed E-state index contributed by atoms with van der Waals surface area (Å²) in [7, 11) is 0. The van der Waals surface area contributed by atoms with Crippen LogP contribution < -0.4 is 67.3 Å². The Bertz CT molecular complexity index is 4850. The normalized spacial score (nSPS) is 28.2. The molecule has 5 saturated heterocycles. The molecule has 0 saturated carbocycles. The minimum Gasteiger partial charge on any atom is -0.780 e. The molecule has 5 fully saturated rings. The Balaban J connectivity index is 0.816. The zero-order chi connectivity index (χ0) is 77.7. The molecule has 5 aliphatic heterocycles. The van der Waals surface area contributed by atoms with E-state index in [0.717, 1.165) is 13.7 Å². The highest BCUT2D eigenvalue weighted by Gasteiger charge is 2.47. The molecule has 0 spiro atoms. The molecule has 108 heavy (non-hydrogen) atoms. The molecule has 0 amide bonds. The van der Waals surface area contributed by atoms with E-state index in [1.165, 1.54) is 59.3 Å². The number of rotatable bonds is 36. The van der Waals surface area contributed by atoms with E-state index in [-0.39, 0.29) is 109 Å². The maximum Gasteiger partial charge on any atom is 0.351 e. The molecule has 0 radical (unpaired) electrons. The Labute approximate surface area is 645 Å². The van der Waals surface area contributed by atoms with Gasteiger partial charge < -0.3 is 131 Å². The molecule has 11 rings (SSSR count). The Hall–Kier alpha value is -4.53. The van der Waals surface area contributed by atoms with Crippen LogP contribution in [0, 0.1) is 18.8 Å². The van der Waals surface area contributed by atoms with Crippen molar-refractivity contribution in [1.29, 1.82) is 0 Å². The van der Waals surface area contributed by atoms with Crippen molar-refractivity contribution in [2.75, 3.05) is 89.8 Å². The molecule has 0 bridgehead atoms. The summed E-state index contributed by atoms with van der Waals surface area (Å²) in [5, 5.41) is 10.2. The number of aliphatic hydroxyl groups is 1. The van der Waals surface area contributed by atoms with Crippen LogP contribution in [-0.4, -0.2) is 190 Å². The maximum atomic E-state index is 14.9. The van der Waals surface area contributed by atoms with Gasteiger partial charge in [-0.25, -0.2) is 24.2 Å². The van der Waals surface area contributed by atoms with Crippen LogP contribution in [0.4, 0.5) is 17.6 Å². The van der Waals surface area contributed by atoms with E-state index in [2.05, 4.69) is 50.8 Å². The van der Waals surface area contributed by atoms with Gasteiger partial charge in [0.2, 0.25) is 5.95 Å². The predicted octanol–water partition coefficient (Wildman–Crippen LogP) is 0.105. The molecule has 596 valence electrons. The summed E-state index contributed by atoms with van der Waals surface area (Å²) < 4.78 is 118. The van der Waals surface area contributed by atoms with Gasteiger partial charge in [0.25, 0.3) is 16.7 Å². The highest BCUT2D eigenvalue weighted by molar-refractivity contribution is 9.10. The number of nitrogen functional groups attached to an aromatic ring is 3. The van der Waals surface area contributed by atoms with Crippen LogP contribution in [0.15, 0.2) is 81.3 Å². The van der Waals surface area contributed by atoms with Gasteiger partial charge in [0.15, 0.2) is 18.0 Å². The zero-order valence-electron chi connectivity index (χ0n) is 57.3. The number of hydrogen-bond acceptors (Lipinski definition) is 39. The molecule has 6 aromatic rings. The molecule has 42 nitrogen and oxygen atoms in total. The number of aromatic nitrogens is 12. The van der Waals surface area contributed by atoms with Crippen molar-refractivity contribution in [2.24, 2.45) is 17.6 Å². The van der Waals surface area contributed by atoms with Gasteiger partial charge in [-0.05, 0) is 65.0 Å². The second-order valence-electron chi connectivity index (χ2n) is 25.3. The number of fused-ring (bicyclic) bond motifs is 1. The number of aromatic amines is 3. The van der Waals surface area contributed by atoms with Crippen LogP contribution in [0.25, 0.3) is 11.2 Å². The van der Waals surface area contributed by atoms with Crippen molar-refractivity contribution < 1.29 is 88.4 Å². The zero-order valence-corrected chi connectivity index (χ0v) is 66.5. The molecular formula is C56H76BrN16O26P4S5-3. The predicted molar refractivity (Wildman–Crippen MR) is 397 cm³/mol. The molecule has 19 atom stereocenters. The van der Waals surface area contributed by atoms with E-state index in [9.17, 15) is 48.1 Å². The third-order valence-corrected chi connectivity index (χ3v) is 25.8. The molecule has 52 heteroatoms. The lowest BCUT2D eigenvalue weighted by molar-refractivity contribution is -0.215. The summed E-state index contributed by atoms with van der Waals surface area (Å²) in [6, 6.07) is 2.80. The minimum absolute atomic E-state index is 0.00991. The molecule has 0 aromatic carbocycles.